The molecule has 0 radical (unpaired) electrons. The lowest BCUT2D eigenvalue weighted by molar-refractivity contribution is -0.129. The van der Waals surface area contributed by atoms with Gasteiger partial charge in [-0.25, -0.2) is 0 Å². The van der Waals surface area contributed by atoms with Gasteiger partial charge in [-0.15, -0.1) is 0 Å². The molecule has 5 rings (SSSR count). The van der Waals surface area contributed by atoms with Crippen molar-refractivity contribution in [1.82, 2.24) is 10.2 Å². The fraction of sp³-hybridized carbons (Fsp3) is 0.333. The summed E-state index contributed by atoms with van der Waals surface area (Å²) in [4.78, 5) is 30.9. The second-order valence-corrected chi connectivity index (χ2v) is 10.6. The highest BCUT2D eigenvalue weighted by molar-refractivity contribution is 6.35. The molecule has 0 unspecified atom stereocenters. The zero-order chi connectivity index (χ0) is 26.5. The van der Waals surface area contributed by atoms with Crippen molar-refractivity contribution < 1.29 is 14.3 Å². The molecule has 198 valence electrons. The van der Waals surface area contributed by atoms with E-state index in [1.165, 1.54) is 0 Å². The van der Waals surface area contributed by atoms with Gasteiger partial charge in [-0.3, -0.25) is 14.5 Å². The predicted octanol–water partition coefficient (Wildman–Crippen LogP) is 5.36. The molecule has 8 heteroatoms. The number of nitrogens with zero attached hydrogens (tertiary/aromatic N) is 2. The van der Waals surface area contributed by atoms with Gasteiger partial charge in [-0.2, -0.15) is 0 Å². The summed E-state index contributed by atoms with van der Waals surface area (Å²) in [7, 11) is 0. The summed E-state index contributed by atoms with van der Waals surface area (Å²) in [5.74, 6) is 0.147. The highest BCUT2D eigenvalue weighted by Crippen LogP contribution is 2.35. The lowest BCUT2D eigenvalue weighted by Crippen LogP contribution is -2.53. The number of nitrogens with one attached hydrogen (secondary N) is 1. The molecule has 6 nitrogen and oxygen atoms in total. The maximum Gasteiger partial charge on any atom is 0.262 e. The van der Waals surface area contributed by atoms with E-state index < -0.39 is 6.10 Å². The Kier molecular flexibility index (Phi) is 8.52. The molecule has 1 N–H and O–H groups in total. The minimum absolute atomic E-state index is 0.0118. The number of piperidine rings is 1. The fourth-order valence-corrected chi connectivity index (χ4v) is 5.71. The van der Waals surface area contributed by atoms with Crippen LogP contribution in [0.2, 0.25) is 10.0 Å². The van der Waals surface area contributed by atoms with E-state index in [9.17, 15) is 9.59 Å². The molecule has 3 aromatic rings. The minimum atomic E-state index is -0.772. The summed E-state index contributed by atoms with van der Waals surface area (Å²) in [6.45, 7) is 2.75. The van der Waals surface area contributed by atoms with Crippen LogP contribution in [0.3, 0.4) is 0 Å². The van der Waals surface area contributed by atoms with Gasteiger partial charge < -0.3 is 15.0 Å². The predicted molar refractivity (Wildman–Crippen MR) is 151 cm³/mol. The number of carbonyl (C=O) groups excluding carboxylic acids is 2. The van der Waals surface area contributed by atoms with Crippen molar-refractivity contribution in [3.8, 4) is 5.75 Å². The van der Waals surface area contributed by atoms with Crippen LogP contribution in [0.25, 0.3) is 0 Å². The first-order valence-electron chi connectivity index (χ1n) is 13.0. The molecule has 0 saturated carbocycles. The molecule has 0 spiro atoms. The van der Waals surface area contributed by atoms with Crippen molar-refractivity contribution in [3.63, 3.8) is 0 Å². The first kappa shape index (κ1) is 26.5. The summed E-state index contributed by atoms with van der Waals surface area (Å²) in [6, 6.07) is 22.9. The number of likely N-dealkylation sites (tertiary alicyclic amines) is 1. The number of halogens is 2. The average molecular weight is 553 g/mol. The lowest BCUT2D eigenvalue weighted by Gasteiger charge is -2.39. The van der Waals surface area contributed by atoms with Gasteiger partial charge in [0.1, 0.15) is 5.75 Å². The molecule has 0 aromatic heterocycles. The molecule has 2 aliphatic heterocycles. The van der Waals surface area contributed by atoms with Crippen LogP contribution in [0.4, 0.5) is 5.69 Å². The molecular formula is C30H31Cl2N3O3. The fourth-order valence-electron chi connectivity index (χ4n) is 5.20. The number of carbonyl (C=O) groups is 2. The Bertz CT molecular complexity index is 1270. The van der Waals surface area contributed by atoms with Gasteiger partial charge in [0.15, 0.2) is 6.10 Å². The molecule has 2 heterocycles. The summed E-state index contributed by atoms with van der Waals surface area (Å²) < 4.78 is 6.05. The third-order valence-corrected chi connectivity index (χ3v) is 7.89. The van der Waals surface area contributed by atoms with Crippen LogP contribution in [0.1, 0.15) is 24.0 Å². The molecule has 3 aromatic carbocycles. The largest absolute Gasteiger partial charge is 0.477 e. The van der Waals surface area contributed by atoms with Crippen molar-refractivity contribution in [2.24, 2.45) is 5.92 Å². The summed E-state index contributed by atoms with van der Waals surface area (Å²) in [5.41, 5.74) is 2.74. The first-order chi connectivity index (χ1) is 18.5. The normalized spacial score (nSPS) is 19.4. The molecule has 38 heavy (non-hydrogen) atoms. The van der Waals surface area contributed by atoms with Crippen LogP contribution in [0.5, 0.6) is 5.75 Å². The van der Waals surface area contributed by atoms with E-state index in [1.807, 2.05) is 72.8 Å². The Morgan fingerprint density at radius 1 is 0.921 bits per heavy atom. The minimum Gasteiger partial charge on any atom is -0.477 e. The third-order valence-electron chi connectivity index (χ3n) is 7.19. The first-order valence-corrected chi connectivity index (χ1v) is 13.8. The topological polar surface area (TPSA) is 61.9 Å². The maximum atomic E-state index is 13.9. The second kappa shape index (κ2) is 12.2. The quantitative estimate of drug-likeness (QED) is 0.429. The van der Waals surface area contributed by atoms with Gasteiger partial charge in [0, 0.05) is 35.2 Å². The van der Waals surface area contributed by atoms with E-state index in [2.05, 4.69) is 10.2 Å². The average Bonchev–Trinajstić information content (AvgIpc) is 2.95. The van der Waals surface area contributed by atoms with Gasteiger partial charge >= 0.3 is 0 Å². The monoisotopic (exact) mass is 551 g/mol. The molecule has 2 aliphatic rings. The van der Waals surface area contributed by atoms with Gasteiger partial charge in [-0.1, -0.05) is 71.7 Å². The van der Waals surface area contributed by atoms with Crippen LogP contribution in [0, 0.1) is 5.92 Å². The number of rotatable bonds is 7. The summed E-state index contributed by atoms with van der Waals surface area (Å²) in [6.07, 6.45) is 1.64. The Morgan fingerprint density at radius 3 is 2.45 bits per heavy atom. The van der Waals surface area contributed by atoms with E-state index in [1.54, 1.807) is 4.90 Å². The number of amides is 2. The number of fused-ring (bicyclic) bond motifs is 1. The number of ether oxygens (including phenoxy) is 1. The molecule has 2 atom stereocenters. The smallest absolute Gasteiger partial charge is 0.262 e. The Morgan fingerprint density at radius 2 is 1.66 bits per heavy atom. The van der Waals surface area contributed by atoms with Gasteiger partial charge in [0.2, 0.25) is 5.91 Å². The standard InChI is InChI=1S/C30H31Cl2N3O3/c31-24-11-6-12-25(32)23(24)19-34-17-7-10-22(18-34)30(37)35-20-28(38-27-14-5-4-13-26(27)35)29(36)33-16-15-21-8-2-1-3-9-21/h1-6,8-9,11-14,22,28H,7,10,15-20H2,(H,33,36)/t22-,28+/m1/s1. The molecule has 2 amide bonds. The molecule has 0 bridgehead atoms. The highest BCUT2D eigenvalue weighted by atomic mass is 35.5. The van der Waals surface area contributed by atoms with Gasteiger partial charge in [-0.05, 0) is 55.6 Å². The van der Waals surface area contributed by atoms with Crippen LogP contribution in [-0.4, -0.2) is 49.0 Å². The Hall–Kier alpha value is -3.06. The van der Waals surface area contributed by atoms with Gasteiger partial charge in [0.25, 0.3) is 5.91 Å². The summed E-state index contributed by atoms with van der Waals surface area (Å²) >= 11 is 12.8. The van der Waals surface area contributed by atoms with Crippen molar-refractivity contribution in [2.45, 2.75) is 31.9 Å². The van der Waals surface area contributed by atoms with Crippen LogP contribution >= 0.6 is 23.2 Å². The van der Waals surface area contributed by atoms with E-state index in [0.717, 1.165) is 36.9 Å². The van der Waals surface area contributed by atoms with E-state index >= 15 is 0 Å². The third kappa shape index (κ3) is 6.15. The number of benzene rings is 3. The number of para-hydroxylation sites is 2. The SMILES string of the molecule is O=C(NCCc1ccccc1)[C@@H]1CN(C(=O)[C@@H]2CCCN(Cc3c(Cl)cccc3Cl)C2)c2ccccc2O1. The van der Waals surface area contributed by atoms with Crippen LogP contribution < -0.4 is 15.0 Å². The number of hydrogen-bond acceptors (Lipinski definition) is 4. The molecule has 0 aliphatic carbocycles. The highest BCUT2D eigenvalue weighted by Gasteiger charge is 2.37. The van der Waals surface area contributed by atoms with Crippen molar-refractivity contribution in [1.29, 1.82) is 0 Å². The van der Waals surface area contributed by atoms with Crippen molar-refractivity contribution in [2.75, 3.05) is 31.1 Å². The van der Waals surface area contributed by atoms with Crippen molar-refractivity contribution in [3.05, 3.63) is 94.0 Å². The molecule has 1 fully saturated rings. The second-order valence-electron chi connectivity index (χ2n) is 9.82. The van der Waals surface area contributed by atoms with Crippen LogP contribution in [0.15, 0.2) is 72.8 Å². The Labute approximate surface area is 233 Å². The zero-order valence-corrected chi connectivity index (χ0v) is 22.6. The lowest BCUT2D eigenvalue weighted by atomic mass is 9.95. The summed E-state index contributed by atoms with van der Waals surface area (Å²) in [5, 5.41) is 4.25. The molecular weight excluding hydrogens is 521 g/mol. The zero-order valence-electron chi connectivity index (χ0n) is 21.1. The van der Waals surface area contributed by atoms with E-state index in [4.69, 9.17) is 27.9 Å². The van der Waals surface area contributed by atoms with Crippen LogP contribution in [-0.2, 0) is 22.6 Å². The van der Waals surface area contributed by atoms with Gasteiger partial charge in [0.05, 0.1) is 18.2 Å². The maximum absolute atomic E-state index is 13.9. The number of hydrogen-bond donors (Lipinski definition) is 1. The molecule has 1 saturated heterocycles. The Balaban J connectivity index is 1.26. The number of anilines is 1. The van der Waals surface area contributed by atoms with E-state index in [-0.39, 0.29) is 24.3 Å². The van der Waals surface area contributed by atoms with Crippen molar-refractivity contribution >= 4 is 40.7 Å². The van der Waals surface area contributed by atoms with E-state index in [0.29, 0.717) is 41.1 Å².